The second-order valence-electron chi connectivity index (χ2n) is 6.10. The molecule has 1 aromatic rings. The lowest BCUT2D eigenvalue weighted by atomic mass is 9.93. The molecule has 1 aliphatic rings. The Kier molecular flexibility index (Phi) is 4.87. The van der Waals surface area contributed by atoms with Gasteiger partial charge in [-0.05, 0) is 50.8 Å². The Morgan fingerprint density at radius 3 is 2.79 bits per heavy atom. The Morgan fingerprint density at radius 1 is 1.26 bits per heavy atom. The molecular formula is C17H28N2. The first kappa shape index (κ1) is 14.4. The molecular weight excluding hydrogens is 232 g/mol. The van der Waals surface area contributed by atoms with Crippen LogP contribution < -0.4 is 10.2 Å². The Bertz CT molecular complexity index is 414. The maximum absolute atomic E-state index is 3.47. The van der Waals surface area contributed by atoms with Crippen LogP contribution in [0.3, 0.4) is 0 Å². The summed E-state index contributed by atoms with van der Waals surface area (Å²) in [5.74, 6) is 0.810. The summed E-state index contributed by atoms with van der Waals surface area (Å²) in [6, 6.07) is 7.57. The summed E-state index contributed by atoms with van der Waals surface area (Å²) in [6.45, 7) is 12.3. The van der Waals surface area contributed by atoms with Crippen molar-refractivity contribution in [2.45, 2.75) is 53.1 Å². The van der Waals surface area contributed by atoms with Crippen molar-refractivity contribution in [3.05, 3.63) is 29.3 Å². The number of rotatable bonds is 4. The number of nitrogens with one attached hydrogen (secondary N) is 1. The zero-order valence-corrected chi connectivity index (χ0v) is 12.9. The minimum absolute atomic E-state index is 0.666. The highest BCUT2D eigenvalue weighted by atomic mass is 15.2. The molecule has 0 saturated carbocycles. The minimum atomic E-state index is 0.666. The maximum Gasteiger partial charge on any atom is 0.0414 e. The van der Waals surface area contributed by atoms with E-state index in [1.54, 1.807) is 0 Å². The second-order valence-corrected chi connectivity index (χ2v) is 6.10. The third-order valence-corrected chi connectivity index (χ3v) is 4.23. The van der Waals surface area contributed by atoms with Crippen LogP contribution in [0.2, 0.25) is 0 Å². The number of piperidine rings is 1. The molecule has 1 fully saturated rings. The largest absolute Gasteiger partial charge is 0.368 e. The van der Waals surface area contributed by atoms with Gasteiger partial charge in [0.05, 0.1) is 0 Å². The smallest absolute Gasteiger partial charge is 0.0414 e. The summed E-state index contributed by atoms with van der Waals surface area (Å²) < 4.78 is 0. The molecule has 0 aromatic heterocycles. The van der Waals surface area contributed by atoms with Crippen molar-refractivity contribution in [3.8, 4) is 0 Å². The Labute approximate surface area is 118 Å². The first-order valence-corrected chi connectivity index (χ1v) is 7.68. The van der Waals surface area contributed by atoms with Crippen LogP contribution in [-0.4, -0.2) is 19.1 Å². The van der Waals surface area contributed by atoms with Crippen molar-refractivity contribution < 1.29 is 0 Å². The molecule has 1 N–H and O–H groups in total. The number of nitrogens with zero attached hydrogens (tertiary/aromatic N) is 1. The topological polar surface area (TPSA) is 15.3 Å². The maximum atomic E-state index is 3.47. The number of anilines is 1. The summed E-state index contributed by atoms with van der Waals surface area (Å²) in [5, 5.41) is 3.47. The SMILES string of the molecule is CCNCc1cc(C)ccc1N1CC(C)CCC1C. The van der Waals surface area contributed by atoms with Crippen LogP contribution in [0, 0.1) is 12.8 Å². The molecule has 1 saturated heterocycles. The van der Waals surface area contributed by atoms with Gasteiger partial charge in [0.1, 0.15) is 0 Å². The molecule has 1 heterocycles. The fraction of sp³-hybridized carbons (Fsp3) is 0.647. The van der Waals surface area contributed by atoms with Gasteiger partial charge in [0, 0.05) is 24.8 Å². The van der Waals surface area contributed by atoms with E-state index in [0.29, 0.717) is 6.04 Å². The molecule has 2 atom stereocenters. The van der Waals surface area contributed by atoms with Crippen LogP contribution in [0.15, 0.2) is 18.2 Å². The van der Waals surface area contributed by atoms with Crippen LogP contribution in [0.25, 0.3) is 0 Å². The molecule has 19 heavy (non-hydrogen) atoms. The lowest BCUT2D eigenvalue weighted by molar-refractivity contribution is 0.389. The Balaban J connectivity index is 2.26. The average Bonchev–Trinajstić information content (AvgIpc) is 2.39. The molecule has 1 aliphatic heterocycles. The van der Waals surface area contributed by atoms with E-state index < -0.39 is 0 Å². The van der Waals surface area contributed by atoms with Crippen molar-refractivity contribution in [1.29, 1.82) is 0 Å². The van der Waals surface area contributed by atoms with Gasteiger partial charge in [0.25, 0.3) is 0 Å². The minimum Gasteiger partial charge on any atom is -0.368 e. The molecule has 2 heteroatoms. The van der Waals surface area contributed by atoms with Gasteiger partial charge in [-0.25, -0.2) is 0 Å². The fourth-order valence-corrected chi connectivity index (χ4v) is 3.02. The van der Waals surface area contributed by atoms with Crippen LogP contribution in [0.1, 0.15) is 44.7 Å². The van der Waals surface area contributed by atoms with Gasteiger partial charge in [0.15, 0.2) is 0 Å². The molecule has 0 spiro atoms. The van der Waals surface area contributed by atoms with E-state index in [-0.39, 0.29) is 0 Å². The summed E-state index contributed by atoms with van der Waals surface area (Å²) in [4.78, 5) is 2.61. The molecule has 0 amide bonds. The summed E-state index contributed by atoms with van der Waals surface area (Å²) in [5.41, 5.74) is 4.24. The lowest BCUT2D eigenvalue weighted by Crippen LogP contribution is -2.41. The van der Waals surface area contributed by atoms with Gasteiger partial charge in [-0.3, -0.25) is 0 Å². The fourth-order valence-electron chi connectivity index (χ4n) is 3.02. The summed E-state index contributed by atoms with van der Waals surface area (Å²) >= 11 is 0. The summed E-state index contributed by atoms with van der Waals surface area (Å²) in [7, 11) is 0. The molecule has 2 unspecified atom stereocenters. The first-order chi connectivity index (χ1) is 9.11. The second kappa shape index (κ2) is 6.42. The number of benzene rings is 1. The zero-order chi connectivity index (χ0) is 13.8. The van der Waals surface area contributed by atoms with Crippen molar-refractivity contribution >= 4 is 5.69 Å². The van der Waals surface area contributed by atoms with Crippen LogP contribution in [0.5, 0.6) is 0 Å². The van der Waals surface area contributed by atoms with E-state index in [1.807, 2.05) is 0 Å². The number of hydrogen-bond donors (Lipinski definition) is 1. The van der Waals surface area contributed by atoms with Gasteiger partial charge in [-0.15, -0.1) is 0 Å². The standard InChI is InChI=1S/C17H28N2/c1-5-18-11-16-10-13(2)7-9-17(16)19-12-14(3)6-8-15(19)4/h7,9-10,14-15,18H,5-6,8,11-12H2,1-4H3. The molecule has 2 rings (SSSR count). The highest BCUT2D eigenvalue weighted by molar-refractivity contribution is 5.56. The van der Waals surface area contributed by atoms with Crippen molar-refractivity contribution in [2.75, 3.05) is 18.0 Å². The van der Waals surface area contributed by atoms with Crippen LogP contribution in [0.4, 0.5) is 5.69 Å². The van der Waals surface area contributed by atoms with E-state index in [0.717, 1.165) is 19.0 Å². The molecule has 2 nitrogen and oxygen atoms in total. The third kappa shape index (κ3) is 3.50. The van der Waals surface area contributed by atoms with Crippen molar-refractivity contribution in [2.24, 2.45) is 5.92 Å². The quantitative estimate of drug-likeness (QED) is 0.887. The predicted molar refractivity (Wildman–Crippen MR) is 83.8 cm³/mol. The highest BCUT2D eigenvalue weighted by Crippen LogP contribution is 2.30. The van der Waals surface area contributed by atoms with Crippen LogP contribution >= 0.6 is 0 Å². The van der Waals surface area contributed by atoms with Gasteiger partial charge in [-0.2, -0.15) is 0 Å². The molecule has 0 bridgehead atoms. The van der Waals surface area contributed by atoms with E-state index in [1.165, 1.54) is 36.2 Å². The third-order valence-electron chi connectivity index (χ3n) is 4.23. The van der Waals surface area contributed by atoms with Crippen LogP contribution in [-0.2, 0) is 6.54 Å². The average molecular weight is 260 g/mol. The Hall–Kier alpha value is -1.02. The highest BCUT2D eigenvalue weighted by Gasteiger charge is 2.24. The monoisotopic (exact) mass is 260 g/mol. The van der Waals surface area contributed by atoms with Crippen molar-refractivity contribution in [1.82, 2.24) is 5.32 Å². The van der Waals surface area contributed by atoms with Gasteiger partial charge < -0.3 is 10.2 Å². The zero-order valence-electron chi connectivity index (χ0n) is 12.9. The molecule has 0 aliphatic carbocycles. The predicted octanol–water partition coefficient (Wildman–Crippen LogP) is 3.73. The van der Waals surface area contributed by atoms with Gasteiger partial charge >= 0.3 is 0 Å². The van der Waals surface area contributed by atoms with E-state index >= 15 is 0 Å². The molecule has 0 radical (unpaired) electrons. The van der Waals surface area contributed by atoms with Crippen molar-refractivity contribution in [3.63, 3.8) is 0 Å². The lowest BCUT2D eigenvalue weighted by Gasteiger charge is -2.39. The van der Waals surface area contributed by atoms with Gasteiger partial charge in [0.2, 0.25) is 0 Å². The van der Waals surface area contributed by atoms with E-state index in [9.17, 15) is 0 Å². The summed E-state index contributed by atoms with van der Waals surface area (Å²) in [6.07, 6.45) is 2.68. The molecule has 1 aromatic carbocycles. The number of hydrogen-bond acceptors (Lipinski definition) is 2. The van der Waals surface area contributed by atoms with Gasteiger partial charge in [-0.1, -0.05) is 31.5 Å². The Morgan fingerprint density at radius 2 is 2.05 bits per heavy atom. The van der Waals surface area contributed by atoms with E-state index in [2.05, 4.69) is 56.1 Å². The van der Waals surface area contributed by atoms with E-state index in [4.69, 9.17) is 0 Å². The normalized spacial score (nSPS) is 23.7. The molecule has 106 valence electrons. The number of aryl methyl sites for hydroxylation is 1. The first-order valence-electron chi connectivity index (χ1n) is 7.68.